The highest BCUT2D eigenvalue weighted by Crippen LogP contribution is 2.47. The summed E-state index contributed by atoms with van der Waals surface area (Å²) in [5.41, 5.74) is 4.29. The molecule has 0 aliphatic heterocycles. The Hall–Kier alpha value is -2.42. The highest BCUT2D eigenvalue weighted by atomic mass is 16.3. The average molecular weight is 278 g/mol. The standard InChI is InChI=1S/C18H14O3/c1-9-4-3-5-12-11(9)6-7-13-15(12)17(20)16(19)14-10(2)8-21-18(13)14/h3-8,13,15H,1-2H3. The van der Waals surface area contributed by atoms with E-state index in [1.165, 1.54) is 0 Å². The fraction of sp³-hybridized carbons (Fsp3) is 0.222. The van der Waals surface area contributed by atoms with Crippen LogP contribution in [0.2, 0.25) is 0 Å². The molecule has 1 heterocycles. The number of allylic oxidation sites excluding steroid dienone is 1. The van der Waals surface area contributed by atoms with E-state index < -0.39 is 11.7 Å². The fourth-order valence-electron chi connectivity index (χ4n) is 3.51. The van der Waals surface area contributed by atoms with Crippen LogP contribution in [0.15, 0.2) is 35.0 Å². The van der Waals surface area contributed by atoms with Crippen molar-refractivity contribution in [1.29, 1.82) is 0 Å². The largest absolute Gasteiger partial charge is 0.468 e. The minimum absolute atomic E-state index is 0.173. The van der Waals surface area contributed by atoms with Gasteiger partial charge in [-0.25, -0.2) is 0 Å². The van der Waals surface area contributed by atoms with Gasteiger partial charge in [-0.2, -0.15) is 0 Å². The normalized spacial score (nSPS) is 22.8. The molecule has 2 aromatic rings. The molecule has 0 saturated heterocycles. The molecule has 3 heteroatoms. The Morgan fingerprint density at radius 2 is 1.90 bits per heavy atom. The van der Waals surface area contributed by atoms with Crippen LogP contribution in [0.25, 0.3) is 6.08 Å². The topological polar surface area (TPSA) is 47.3 Å². The van der Waals surface area contributed by atoms with E-state index in [1.807, 2.05) is 37.3 Å². The molecule has 0 spiro atoms. The van der Waals surface area contributed by atoms with Gasteiger partial charge in [-0.15, -0.1) is 0 Å². The van der Waals surface area contributed by atoms with E-state index in [-0.39, 0.29) is 11.7 Å². The van der Waals surface area contributed by atoms with Crippen molar-refractivity contribution < 1.29 is 14.0 Å². The maximum Gasteiger partial charge on any atom is 0.233 e. The van der Waals surface area contributed by atoms with Gasteiger partial charge in [0.25, 0.3) is 0 Å². The molecule has 2 unspecified atom stereocenters. The monoisotopic (exact) mass is 278 g/mol. The first-order chi connectivity index (χ1) is 10.1. The molecule has 4 rings (SSSR count). The van der Waals surface area contributed by atoms with Crippen LogP contribution in [0.5, 0.6) is 0 Å². The molecule has 0 radical (unpaired) electrons. The summed E-state index contributed by atoms with van der Waals surface area (Å²) in [4.78, 5) is 25.0. The molecule has 0 saturated carbocycles. The number of rotatable bonds is 0. The van der Waals surface area contributed by atoms with Crippen molar-refractivity contribution in [2.24, 2.45) is 0 Å². The lowest BCUT2D eigenvalue weighted by Gasteiger charge is -2.31. The second kappa shape index (κ2) is 4.04. The highest BCUT2D eigenvalue weighted by molar-refractivity contribution is 6.47. The lowest BCUT2D eigenvalue weighted by atomic mass is 9.69. The Bertz CT molecular complexity index is 823. The summed E-state index contributed by atoms with van der Waals surface area (Å²) in [5, 5.41) is 0. The molecule has 2 aliphatic rings. The Labute approximate surface area is 122 Å². The van der Waals surface area contributed by atoms with E-state index in [1.54, 1.807) is 13.2 Å². The lowest BCUT2D eigenvalue weighted by Crippen LogP contribution is -2.34. The predicted octanol–water partition coefficient (Wildman–Crippen LogP) is 3.56. The average Bonchev–Trinajstić information content (AvgIpc) is 2.86. The number of fused-ring (bicyclic) bond motifs is 5. The SMILES string of the molecule is Cc1cccc2c1C=CC1c3occ(C)c3C(=O)C(=O)C21. The maximum atomic E-state index is 12.6. The van der Waals surface area contributed by atoms with Crippen molar-refractivity contribution in [2.45, 2.75) is 25.7 Å². The van der Waals surface area contributed by atoms with Crippen molar-refractivity contribution in [2.75, 3.05) is 0 Å². The number of Topliss-reactive ketones (excluding diaryl/α,β-unsaturated/α-hetero) is 2. The van der Waals surface area contributed by atoms with Gasteiger partial charge in [0, 0.05) is 0 Å². The number of carbonyl (C=O) groups excluding carboxylic acids is 2. The van der Waals surface area contributed by atoms with Crippen molar-refractivity contribution in [3.63, 3.8) is 0 Å². The van der Waals surface area contributed by atoms with Crippen LogP contribution in [0.4, 0.5) is 0 Å². The first kappa shape index (κ1) is 12.3. The third-order valence-corrected chi connectivity index (χ3v) is 4.56. The third-order valence-electron chi connectivity index (χ3n) is 4.56. The number of furan rings is 1. The number of hydrogen-bond donors (Lipinski definition) is 0. The van der Waals surface area contributed by atoms with Gasteiger partial charge in [-0.1, -0.05) is 30.4 Å². The van der Waals surface area contributed by atoms with E-state index in [4.69, 9.17) is 4.42 Å². The van der Waals surface area contributed by atoms with Gasteiger partial charge >= 0.3 is 0 Å². The fourth-order valence-corrected chi connectivity index (χ4v) is 3.51. The lowest BCUT2D eigenvalue weighted by molar-refractivity contribution is -0.117. The second-order valence-corrected chi connectivity index (χ2v) is 5.79. The number of benzene rings is 1. The summed E-state index contributed by atoms with van der Waals surface area (Å²) in [6.07, 6.45) is 5.60. The van der Waals surface area contributed by atoms with Crippen LogP contribution in [-0.2, 0) is 4.79 Å². The minimum Gasteiger partial charge on any atom is -0.468 e. The first-order valence-electron chi connectivity index (χ1n) is 7.04. The van der Waals surface area contributed by atoms with E-state index in [2.05, 4.69) is 0 Å². The zero-order valence-corrected chi connectivity index (χ0v) is 11.8. The highest BCUT2D eigenvalue weighted by Gasteiger charge is 2.45. The quantitative estimate of drug-likeness (QED) is 0.692. The van der Waals surface area contributed by atoms with Gasteiger partial charge in [0.05, 0.1) is 23.7 Å². The van der Waals surface area contributed by atoms with Crippen LogP contribution >= 0.6 is 0 Å². The molecule has 21 heavy (non-hydrogen) atoms. The molecule has 0 N–H and O–H groups in total. The predicted molar refractivity (Wildman–Crippen MR) is 78.5 cm³/mol. The Morgan fingerprint density at radius 1 is 1.10 bits per heavy atom. The Kier molecular flexibility index (Phi) is 2.37. The first-order valence-corrected chi connectivity index (χ1v) is 7.04. The van der Waals surface area contributed by atoms with E-state index in [0.29, 0.717) is 11.3 Å². The van der Waals surface area contributed by atoms with Crippen molar-refractivity contribution >= 4 is 17.6 Å². The molecule has 0 fully saturated rings. The zero-order chi connectivity index (χ0) is 14.7. The van der Waals surface area contributed by atoms with Gasteiger partial charge in [0.15, 0.2) is 0 Å². The summed E-state index contributed by atoms with van der Waals surface area (Å²) in [6.45, 7) is 3.82. The van der Waals surface area contributed by atoms with Gasteiger partial charge in [0.1, 0.15) is 5.76 Å². The van der Waals surface area contributed by atoms with Gasteiger partial charge in [-0.3, -0.25) is 9.59 Å². The number of ketones is 2. The van der Waals surface area contributed by atoms with Gasteiger partial charge < -0.3 is 4.42 Å². The second-order valence-electron chi connectivity index (χ2n) is 5.79. The minimum atomic E-state index is -0.449. The van der Waals surface area contributed by atoms with Crippen LogP contribution in [0, 0.1) is 13.8 Å². The number of aryl methyl sites for hydroxylation is 2. The van der Waals surface area contributed by atoms with E-state index in [9.17, 15) is 9.59 Å². The molecule has 0 amide bonds. The molecular weight excluding hydrogens is 264 g/mol. The molecule has 2 aliphatic carbocycles. The van der Waals surface area contributed by atoms with Gasteiger partial charge in [-0.05, 0) is 36.1 Å². The molecule has 104 valence electrons. The van der Waals surface area contributed by atoms with Crippen LogP contribution < -0.4 is 0 Å². The molecule has 3 nitrogen and oxygen atoms in total. The molecule has 1 aromatic heterocycles. The Morgan fingerprint density at radius 3 is 2.71 bits per heavy atom. The summed E-state index contributed by atoms with van der Waals surface area (Å²) < 4.78 is 5.60. The summed E-state index contributed by atoms with van der Waals surface area (Å²) in [5.74, 6) is -0.734. The Balaban J connectivity index is 1.99. The van der Waals surface area contributed by atoms with E-state index in [0.717, 1.165) is 22.3 Å². The maximum absolute atomic E-state index is 12.6. The number of hydrogen-bond acceptors (Lipinski definition) is 3. The summed E-state index contributed by atoms with van der Waals surface area (Å²) in [7, 11) is 0. The molecule has 0 bridgehead atoms. The zero-order valence-electron chi connectivity index (χ0n) is 11.8. The van der Waals surface area contributed by atoms with Crippen LogP contribution in [0.1, 0.15) is 50.2 Å². The smallest absolute Gasteiger partial charge is 0.233 e. The van der Waals surface area contributed by atoms with Crippen molar-refractivity contribution in [1.82, 2.24) is 0 Å². The molecule has 2 atom stereocenters. The summed E-state index contributed by atoms with van der Waals surface area (Å²) in [6, 6.07) is 5.89. The molecule has 1 aromatic carbocycles. The molecular formula is C18H14O3. The summed E-state index contributed by atoms with van der Waals surface area (Å²) >= 11 is 0. The van der Waals surface area contributed by atoms with E-state index >= 15 is 0 Å². The van der Waals surface area contributed by atoms with Crippen molar-refractivity contribution in [3.8, 4) is 0 Å². The third kappa shape index (κ3) is 1.49. The van der Waals surface area contributed by atoms with Crippen LogP contribution in [-0.4, -0.2) is 11.6 Å². The van der Waals surface area contributed by atoms with Crippen LogP contribution in [0.3, 0.4) is 0 Å². The number of carbonyl (C=O) groups is 2. The van der Waals surface area contributed by atoms with Crippen molar-refractivity contribution in [3.05, 3.63) is 64.1 Å². The van der Waals surface area contributed by atoms with Gasteiger partial charge in [0.2, 0.25) is 11.6 Å².